The second-order valence-electron chi connectivity index (χ2n) is 5.36. The summed E-state index contributed by atoms with van der Waals surface area (Å²) in [5.74, 6) is 0. The largest absolute Gasteiger partial charge is 0.310 e. The first-order chi connectivity index (χ1) is 8.74. The van der Waals surface area contributed by atoms with Crippen molar-refractivity contribution in [3.05, 3.63) is 35.4 Å². The molecule has 18 heavy (non-hydrogen) atoms. The summed E-state index contributed by atoms with van der Waals surface area (Å²) in [4.78, 5) is 0. The minimum absolute atomic E-state index is 0.473. The van der Waals surface area contributed by atoms with E-state index in [0.29, 0.717) is 6.04 Å². The van der Waals surface area contributed by atoms with E-state index in [1.165, 1.54) is 49.7 Å². The van der Waals surface area contributed by atoms with Gasteiger partial charge in [0.25, 0.3) is 0 Å². The molecule has 1 nitrogen and oxygen atoms in total. The molecular formula is C17H29N. The fourth-order valence-electron chi connectivity index (χ4n) is 2.28. The molecule has 0 fully saturated rings. The van der Waals surface area contributed by atoms with Crippen molar-refractivity contribution in [2.45, 2.75) is 65.3 Å². The first-order valence-electron chi connectivity index (χ1n) is 7.54. The Kier molecular flexibility index (Phi) is 7.75. The molecular weight excluding hydrogens is 218 g/mol. The molecule has 1 heteroatoms. The maximum Gasteiger partial charge on any atom is 0.0291 e. The highest BCUT2D eigenvalue weighted by atomic mass is 14.9. The van der Waals surface area contributed by atoms with Gasteiger partial charge in [0.05, 0.1) is 0 Å². The summed E-state index contributed by atoms with van der Waals surface area (Å²) in [5, 5.41) is 3.62. The van der Waals surface area contributed by atoms with Crippen molar-refractivity contribution in [2.75, 3.05) is 6.54 Å². The Morgan fingerprint density at radius 3 is 2.50 bits per heavy atom. The molecule has 0 aliphatic carbocycles. The topological polar surface area (TPSA) is 12.0 Å². The van der Waals surface area contributed by atoms with E-state index in [4.69, 9.17) is 0 Å². The molecule has 0 aliphatic heterocycles. The molecule has 0 aromatic heterocycles. The van der Waals surface area contributed by atoms with Crippen LogP contribution in [0.2, 0.25) is 0 Å². The number of aryl methyl sites for hydroxylation is 1. The van der Waals surface area contributed by atoms with Crippen LogP contribution in [0.1, 0.15) is 69.5 Å². The number of nitrogens with one attached hydrogen (secondary N) is 1. The van der Waals surface area contributed by atoms with Gasteiger partial charge in [-0.15, -0.1) is 0 Å². The van der Waals surface area contributed by atoms with Crippen LogP contribution in [0.3, 0.4) is 0 Å². The average Bonchev–Trinajstić information content (AvgIpc) is 2.37. The zero-order chi connectivity index (χ0) is 13.2. The van der Waals surface area contributed by atoms with Gasteiger partial charge < -0.3 is 5.32 Å². The van der Waals surface area contributed by atoms with Gasteiger partial charge in [0.2, 0.25) is 0 Å². The fraction of sp³-hybridized carbons (Fsp3) is 0.647. The summed E-state index contributed by atoms with van der Waals surface area (Å²) < 4.78 is 0. The van der Waals surface area contributed by atoms with Gasteiger partial charge in [-0.3, -0.25) is 0 Å². The van der Waals surface area contributed by atoms with Crippen molar-refractivity contribution in [1.82, 2.24) is 5.32 Å². The van der Waals surface area contributed by atoms with Crippen LogP contribution in [-0.4, -0.2) is 6.54 Å². The highest BCUT2D eigenvalue weighted by molar-refractivity contribution is 5.24. The summed E-state index contributed by atoms with van der Waals surface area (Å²) in [5.41, 5.74) is 2.75. The van der Waals surface area contributed by atoms with E-state index in [0.717, 1.165) is 6.54 Å². The van der Waals surface area contributed by atoms with E-state index in [9.17, 15) is 0 Å². The van der Waals surface area contributed by atoms with Crippen LogP contribution in [0.25, 0.3) is 0 Å². The molecule has 0 amide bonds. The van der Waals surface area contributed by atoms with Crippen LogP contribution in [0.15, 0.2) is 24.3 Å². The predicted molar refractivity (Wildman–Crippen MR) is 81.0 cm³/mol. The molecule has 0 bridgehead atoms. The number of rotatable bonds is 9. The van der Waals surface area contributed by atoms with Crippen LogP contribution in [0, 0.1) is 6.92 Å². The van der Waals surface area contributed by atoms with Gasteiger partial charge in [-0.1, -0.05) is 68.9 Å². The Morgan fingerprint density at radius 2 is 1.78 bits per heavy atom. The lowest BCUT2D eigenvalue weighted by molar-refractivity contribution is 0.527. The molecule has 1 aromatic carbocycles. The molecule has 0 saturated carbocycles. The molecule has 0 radical (unpaired) electrons. The quantitative estimate of drug-likeness (QED) is 0.605. The van der Waals surface area contributed by atoms with Gasteiger partial charge in [0, 0.05) is 6.04 Å². The molecule has 0 unspecified atom stereocenters. The number of unbranched alkanes of at least 4 members (excludes halogenated alkanes) is 5. The summed E-state index contributed by atoms with van der Waals surface area (Å²) >= 11 is 0. The van der Waals surface area contributed by atoms with Gasteiger partial charge >= 0.3 is 0 Å². The molecule has 1 N–H and O–H groups in total. The zero-order valence-corrected chi connectivity index (χ0v) is 12.3. The third-order valence-corrected chi connectivity index (χ3v) is 3.52. The molecule has 0 saturated heterocycles. The van der Waals surface area contributed by atoms with Gasteiger partial charge in [-0.05, 0) is 32.4 Å². The normalized spacial score (nSPS) is 12.6. The lowest BCUT2D eigenvalue weighted by atomic mass is 10.1. The monoisotopic (exact) mass is 247 g/mol. The van der Waals surface area contributed by atoms with Gasteiger partial charge in [-0.2, -0.15) is 0 Å². The molecule has 0 heterocycles. The Labute approximate surface area is 113 Å². The molecule has 102 valence electrons. The average molecular weight is 247 g/mol. The smallest absolute Gasteiger partial charge is 0.0291 e. The molecule has 0 aliphatic rings. The second kappa shape index (κ2) is 9.16. The van der Waals surface area contributed by atoms with E-state index >= 15 is 0 Å². The molecule has 1 atom stereocenters. The second-order valence-corrected chi connectivity index (χ2v) is 5.36. The van der Waals surface area contributed by atoms with E-state index in [1.807, 2.05) is 0 Å². The van der Waals surface area contributed by atoms with E-state index in [-0.39, 0.29) is 0 Å². The van der Waals surface area contributed by atoms with Crippen LogP contribution in [0.5, 0.6) is 0 Å². The van der Waals surface area contributed by atoms with E-state index < -0.39 is 0 Å². The summed E-state index contributed by atoms with van der Waals surface area (Å²) in [6.45, 7) is 7.82. The summed E-state index contributed by atoms with van der Waals surface area (Å²) in [7, 11) is 0. The van der Waals surface area contributed by atoms with Crippen LogP contribution in [-0.2, 0) is 0 Å². The third-order valence-electron chi connectivity index (χ3n) is 3.52. The Hall–Kier alpha value is -0.820. The van der Waals surface area contributed by atoms with Crippen LogP contribution in [0.4, 0.5) is 0 Å². The van der Waals surface area contributed by atoms with Crippen molar-refractivity contribution in [3.8, 4) is 0 Å². The van der Waals surface area contributed by atoms with Gasteiger partial charge in [-0.25, -0.2) is 0 Å². The standard InChI is InChI=1S/C17H29N/c1-4-5-6-7-8-9-13-18-16(3)17-12-10-11-15(2)14-17/h10-12,14,16,18H,4-9,13H2,1-3H3/t16-/m0/s1. The minimum atomic E-state index is 0.473. The van der Waals surface area contributed by atoms with Crippen molar-refractivity contribution < 1.29 is 0 Å². The summed E-state index contributed by atoms with van der Waals surface area (Å²) in [6.07, 6.45) is 8.21. The van der Waals surface area contributed by atoms with Crippen molar-refractivity contribution >= 4 is 0 Å². The molecule has 1 aromatic rings. The maximum absolute atomic E-state index is 3.62. The lowest BCUT2D eigenvalue weighted by Gasteiger charge is -2.14. The number of hydrogen-bond donors (Lipinski definition) is 1. The van der Waals surface area contributed by atoms with Crippen molar-refractivity contribution in [1.29, 1.82) is 0 Å². The maximum atomic E-state index is 3.62. The summed E-state index contributed by atoms with van der Waals surface area (Å²) in [6, 6.07) is 9.27. The highest BCUT2D eigenvalue weighted by Crippen LogP contribution is 2.13. The van der Waals surface area contributed by atoms with E-state index in [1.54, 1.807) is 0 Å². The van der Waals surface area contributed by atoms with Crippen molar-refractivity contribution in [3.63, 3.8) is 0 Å². The highest BCUT2D eigenvalue weighted by Gasteiger charge is 2.03. The van der Waals surface area contributed by atoms with E-state index in [2.05, 4.69) is 50.4 Å². The molecule has 0 spiro atoms. The fourth-order valence-corrected chi connectivity index (χ4v) is 2.28. The van der Waals surface area contributed by atoms with Crippen LogP contribution >= 0.6 is 0 Å². The lowest BCUT2D eigenvalue weighted by Crippen LogP contribution is -2.19. The Balaban J connectivity index is 2.12. The van der Waals surface area contributed by atoms with Crippen LogP contribution < -0.4 is 5.32 Å². The predicted octanol–water partition coefficient (Wildman–Crippen LogP) is 5.01. The minimum Gasteiger partial charge on any atom is -0.310 e. The molecule has 1 rings (SSSR count). The zero-order valence-electron chi connectivity index (χ0n) is 12.3. The Bertz CT molecular complexity index is 319. The number of hydrogen-bond acceptors (Lipinski definition) is 1. The Morgan fingerprint density at radius 1 is 1.06 bits per heavy atom. The van der Waals surface area contributed by atoms with Gasteiger partial charge in [0.1, 0.15) is 0 Å². The van der Waals surface area contributed by atoms with Crippen molar-refractivity contribution in [2.24, 2.45) is 0 Å². The first-order valence-corrected chi connectivity index (χ1v) is 7.54. The third kappa shape index (κ3) is 6.20. The SMILES string of the molecule is CCCCCCCCN[C@@H](C)c1cccc(C)c1. The first kappa shape index (κ1) is 15.2. The number of benzene rings is 1. The van der Waals surface area contributed by atoms with Gasteiger partial charge in [0.15, 0.2) is 0 Å².